The second-order valence-electron chi connectivity index (χ2n) is 7.81. The van der Waals surface area contributed by atoms with Crippen molar-refractivity contribution >= 4 is 23.4 Å². The normalized spacial score (nSPS) is 21.2. The van der Waals surface area contributed by atoms with E-state index in [2.05, 4.69) is 4.90 Å². The van der Waals surface area contributed by atoms with Gasteiger partial charge in [-0.2, -0.15) is 26.3 Å². The number of rotatable bonds is 4. The summed E-state index contributed by atoms with van der Waals surface area (Å²) in [6.07, 6.45) is -11.1. The molecule has 0 aromatic heterocycles. The van der Waals surface area contributed by atoms with E-state index in [1.165, 1.54) is 4.90 Å². The van der Waals surface area contributed by atoms with Crippen LogP contribution in [0, 0.1) is 5.92 Å². The first kappa shape index (κ1) is 23.8. The van der Waals surface area contributed by atoms with E-state index in [4.69, 9.17) is 11.6 Å². The number of anilines is 1. The fourth-order valence-electron chi connectivity index (χ4n) is 4.35. The SMILES string of the molecule is O=C(O)N1CCN(Cc2cc(Cl)ccc2N2CCCC2)CC1C(C(F)(F)F)C(F)(F)F. The molecular weight excluding hydrogens is 452 g/mol. The van der Waals surface area contributed by atoms with Gasteiger partial charge in [-0.05, 0) is 36.6 Å². The lowest BCUT2D eigenvalue weighted by Gasteiger charge is -2.44. The molecule has 2 fully saturated rings. The van der Waals surface area contributed by atoms with Gasteiger partial charge in [0.15, 0.2) is 5.92 Å². The maximum Gasteiger partial charge on any atom is 0.407 e. The van der Waals surface area contributed by atoms with E-state index in [-0.39, 0.29) is 18.0 Å². The first-order chi connectivity index (χ1) is 14.4. The zero-order valence-electron chi connectivity index (χ0n) is 16.4. The van der Waals surface area contributed by atoms with E-state index < -0.39 is 43.5 Å². The van der Waals surface area contributed by atoms with Crippen molar-refractivity contribution < 1.29 is 36.2 Å². The number of nitrogens with zero attached hydrogens (tertiary/aromatic N) is 3. The van der Waals surface area contributed by atoms with Gasteiger partial charge in [0, 0.05) is 50.0 Å². The maximum atomic E-state index is 13.3. The van der Waals surface area contributed by atoms with Crippen LogP contribution in [0.5, 0.6) is 0 Å². The molecule has 0 bridgehead atoms. The Morgan fingerprint density at radius 3 is 2.23 bits per heavy atom. The van der Waals surface area contributed by atoms with Crippen LogP contribution in [-0.4, -0.2) is 72.1 Å². The van der Waals surface area contributed by atoms with Crippen LogP contribution in [0.15, 0.2) is 18.2 Å². The second-order valence-corrected chi connectivity index (χ2v) is 8.24. The monoisotopic (exact) mass is 473 g/mol. The van der Waals surface area contributed by atoms with E-state index in [0.717, 1.165) is 31.6 Å². The molecule has 2 saturated heterocycles. The molecule has 0 radical (unpaired) electrons. The van der Waals surface area contributed by atoms with E-state index in [1.807, 2.05) is 0 Å². The number of piperazine rings is 1. The molecule has 1 aromatic carbocycles. The highest BCUT2D eigenvalue weighted by Crippen LogP contribution is 2.44. The quantitative estimate of drug-likeness (QED) is 0.635. The summed E-state index contributed by atoms with van der Waals surface area (Å²) in [4.78, 5) is 15.2. The van der Waals surface area contributed by atoms with Gasteiger partial charge in [0.05, 0.1) is 6.04 Å². The van der Waals surface area contributed by atoms with Crippen LogP contribution < -0.4 is 4.90 Å². The number of amides is 1. The van der Waals surface area contributed by atoms with Gasteiger partial charge < -0.3 is 14.9 Å². The van der Waals surface area contributed by atoms with Crippen LogP contribution in [0.1, 0.15) is 18.4 Å². The lowest BCUT2D eigenvalue weighted by atomic mass is 9.94. The van der Waals surface area contributed by atoms with Crippen LogP contribution in [0.4, 0.5) is 36.8 Å². The van der Waals surface area contributed by atoms with Gasteiger partial charge in [0.25, 0.3) is 0 Å². The van der Waals surface area contributed by atoms with Crippen molar-refractivity contribution in [3.63, 3.8) is 0 Å². The Balaban J connectivity index is 1.88. The van der Waals surface area contributed by atoms with Crippen molar-refractivity contribution in [3.05, 3.63) is 28.8 Å². The first-order valence-corrected chi connectivity index (χ1v) is 10.1. The molecule has 0 spiro atoms. The lowest BCUT2D eigenvalue weighted by Crippen LogP contribution is -2.62. The molecule has 2 aliphatic rings. The molecule has 31 heavy (non-hydrogen) atoms. The highest BCUT2D eigenvalue weighted by molar-refractivity contribution is 6.30. The number of carbonyl (C=O) groups is 1. The van der Waals surface area contributed by atoms with Crippen LogP contribution in [0.3, 0.4) is 0 Å². The first-order valence-electron chi connectivity index (χ1n) is 9.76. The Morgan fingerprint density at radius 2 is 1.68 bits per heavy atom. The molecule has 2 heterocycles. The van der Waals surface area contributed by atoms with Gasteiger partial charge in [0.1, 0.15) is 0 Å². The third-order valence-corrected chi connectivity index (χ3v) is 5.96. The standard InChI is InChI=1S/C19H22ClF6N3O2/c20-13-3-4-14(28-5-1-2-6-28)12(9-13)10-27-7-8-29(17(30)31)15(11-27)16(18(21,22)23)19(24,25)26/h3-4,9,15-16H,1-2,5-8,10-11H2,(H,30,31). The average molecular weight is 474 g/mol. The molecule has 1 N–H and O–H groups in total. The molecule has 1 atom stereocenters. The molecular formula is C19H22ClF6N3O2. The summed E-state index contributed by atoms with van der Waals surface area (Å²) in [6, 6.07) is 2.84. The topological polar surface area (TPSA) is 47.0 Å². The van der Waals surface area contributed by atoms with Crippen molar-refractivity contribution in [2.75, 3.05) is 37.6 Å². The zero-order chi connectivity index (χ0) is 23.0. The van der Waals surface area contributed by atoms with Crippen molar-refractivity contribution in [1.82, 2.24) is 9.80 Å². The number of hydrogen-bond donors (Lipinski definition) is 1. The highest BCUT2D eigenvalue weighted by atomic mass is 35.5. The minimum Gasteiger partial charge on any atom is -0.465 e. The number of benzene rings is 1. The van der Waals surface area contributed by atoms with Crippen molar-refractivity contribution in [1.29, 1.82) is 0 Å². The maximum absolute atomic E-state index is 13.3. The molecule has 3 rings (SSSR count). The van der Waals surface area contributed by atoms with Crippen molar-refractivity contribution in [3.8, 4) is 0 Å². The Hall–Kier alpha value is -1.88. The van der Waals surface area contributed by atoms with E-state index >= 15 is 0 Å². The van der Waals surface area contributed by atoms with Crippen molar-refractivity contribution in [2.45, 2.75) is 37.8 Å². The Kier molecular flexibility index (Phi) is 6.85. The molecule has 1 unspecified atom stereocenters. The molecule has 0 saturated carbocycles. The van der Waals surface area contributed by atoms with Crippen LogP contribution in [0.2, 0.25) is 5.02 Å². The fraction of sp³-hybridized carbons (Fsp3) is 0.632. The Labute approximate surface area is 180 Å². The third-order valence-electron chi connectivity index (χ3n) is 5.72. The molecule has 0 aliphatic carbocycles. The molecule has 1 amide bonds. The summed E-state index contributed by atoms with van der Waals surface area (Å²) in [5, 5.41) is 9.64. The average Bonchev–Trinajstić information content (AvgIpc) is 3.13. The van der Waals surface area contributed by atoms with E-state index in [0.29, 0.717) is 10.6 Å². The summed E-state index contributed by atoms with van der Waals surface area (Å²) in [7, 11) is 0. The van der Waals surface area contributed by atoms with E-state index in [9.17, 15) is 36.2 Å². The van der Waals surface area contributed by atoms with Crippen LogP contribution >= 0.6 is 11.6 Å². The molecule has 5 nitrogen and oxygen atoms in total. The lowest BCUT2D eigenvalue weighted by molar-refractivity contribution is -0.300. The third kappa shape index (κ3) is 5.49. The minimum atomic E-state index is -5.63. The van der Waals surface area contributed by atoms with E-state index in [1.54, 1.807) is 18.2 Å². The number of halogens is 7. The number of alkyl halides is 6. The summed E-state index contributed by atoms with van der Waals surface area (Å²) in [6.45, 7) is 0.530. The number of carboxylic acid groups (broad SMARTS) is 1. The predicted molar refractivity (Wildman–Crippen MR) is 102 cm³/mol. The zero-order valence-corrected chi connectivity index (χ0v) is 17.1. The van der Waals surface area contributed by atoms with Gasteiger partial charge in [-0.25, -0.2) is 4.79 Å². The predicted octanol–water partition coefficient (Wildman–Crippen LogP) is 4.85. The van der Waals surface area contributed by atoms with Crippen LogP contribution in [-0.2, 0) is 6.54 Å². The summed E-state index contributed by atoms with van der Waals surface area (Å²) in [5.74, 6) is -3.77. The van der Waals surface area contributed by atoms with Gasteiger partial charge in [-0.15, -0.1) is 0 Å². The Morgan fingerprint density at radius 1 is 1.06 bits per heavy atom. The summed E-state index contributed by atoms with van der Waals surface area (Å²) >= 11 is 6.08. The van der Waals surface area contributed by atoms with Crippen LogP contribution in [0.25, 0.3) is 0 Å². The summed E-state index contributed by atoms with van der Waals surface area (Å²) < 4.78 is 80.0. The molecule has 12 heteroatoms. The van der Waals surface area contributed by atoms with Gasteiger partial charge in [0.2, 0.25) is 0 Å². The molecule has 174 valence electrons. The highest BCUT2D eigenvalue weighted by Gasteiger charge is 2.62. The van der Waals surface area contributed by atoms with Gasteiger partial charge >= 0.3 is 18.4 Å². The van der Waals surface area contributed by atoms with Crippen molar-refractivity contribution in [2.24, 2.45) is 5.92 Å². The smallest absolute Gasteiger partial charge is 0.407 e. The minimum absolute atomic E-state index is 0.0111. The largest absolute Gasteiger partial charge is 0.465 e. The van der Waals surface area contributed by atoms with Gasteiger partial charge in [-0.3, -0.25) is 4.90 Å². The molecule has 2 aliphatic heterocycles. The molecule has 1 aromatic rings. The Bertz CT molecular complexity index is 784. The fourth-order valence-corrected chi connectivity index (χ4v) is 4.54. The summed E-state index contributed by atoms with van der Waals surface area (Å²) in [5.41, 5.74) is 1.52. The van der Waals surface area contributed by atoms with Gasteiger partial charge in [-0.1, -0.05) is 11.6 Å². The second kappa shape index (κ2) is 8.93. The number of hydrogen-bond acceptors (Lipinski definition) is 3.